The van der Waals surface area contributed by atoms with Crippen LogP contribution >= 0.6 is 15.9 Å². The van der Waals surface area contributed by atoms with Crippen LogP contribution in [0.2, 0.25) is 0 Å². The van der Waals surface area contributed by atoms with Crippen LogP contribution in [0.5, 0.6) is 11.5 Å². The molecule has 1 aromatic carbocycles. The van der Waals surface area contributed by atoms with Crippen LogP contribution in [-0.2, 0) is 4.79 Å². The summed E-state index contributed by atoms with van der Waals surface area (Å²) in [5.41, 5.74) is 7.22. The number of nitrogens with zero attached hydrogens (tertiary/aromatic N) is 1. The Labute approximate surface area is 117 Å². The van der Waals surface area contributed by atoms with Crippen molar-refractivity contribution in [2.24, 2.45) is 5.73 Å². The second-order valence-corrected chi connectivity index (χ2v) is 4.98. The van der Waals surface area contributed by atoms with Crippen molar-refractivity contribution in [2.75, 3.05) is 5.32 Å². The van der Waals surface area contributed by atoms with E-state index >= 15 is 0 Å². The Morgan fingerprint density at radius 3 is 3.00 bits per heavy atom. The van der Waals surface area contributed by atoms with E-state index in [1.807, 2.05) is 0 Å². The van der Waals surface area contributed by atoms with Crippen LogP contribution in [0.1, 0.15) is 11.6 Å². The zero-order valence-electron chi connectivity index (χ0n) is 9.76. The van der Waals surface area contributed by atoms with Crippen LogP contribution in [0.4, 0.5) is 5.69 Å². The number of halogens is 1. The number of hydrogen-bond donors (Lipinski definition) is 2. The summed E-state index contributed by atoms with van der Waals surface area (Å²) in [4.78, 5) is 15.5. The van der Waals surface area contributed by atoms with Crippen LogP contribution in [0.25, 0.3) is 0 Å². The molecule has 0 bridgehead atoms. The van der Waals surface area contributed by atoms with Crippen molar-refractivity contribution < 1.29 is 9.53 Å². The van der Waals surface area contributed by atoms with Crippen molar-refractivity contribution in [3.8, 4) is 11.5 Å². The van der Waals surface area contributed by atoms with Gasteiger partial charge in [-0.05, 0) is 34.1 Å². The molecule has 1 amide bonds. The van der Waals surface area contributed by atoms with E-state index in [-0.39, 0.29) is 5.91 Å². The van der Waals surface area contributed by atoms with Gasteiger partial charge in [-0.15, -0.1) is 0 Å². The molecular weight excluding hydrogens is 310 g/mol. The zero-order valence-corrected chi connectivity index (χ0v) is 11.3. The van der Waals surface area contributed by atoms with Gasteiger partial charge in [0.05, 0.1) is 10.7 Å². The number of rotatable bonds is 2. The van der Waals surface area contributed by atoms with Crippen LogP contribution in [-0.4, -0.2) is 10.9 Å². The van der Waals surface area contributed by atoms with Gasteiger partial charge >= 0.3 is 0 Å². The molecule has 5 nitrogen and oxygen atoms in total. The maximum atomic E-state index is 11.5. The van der Waals surface area contributed by atoms with Crippen molar-refractivity contribution in [3.63, 3.8) is 0 Å². The summed E-state index contributed by atoms with van der Waals surface area (Å²) >= 11 is 3.41. The molecule has 0 fully saturated rings. The molecule has 2 aromatic rings. The molecule has 1 unspecified atom stereocenters. The topological polar surface area (TPSA) is 77.2 Å². The molecule has 1 aliphatic heterocycles. The SMILES string of the molecule is NC1C(=O)Nc2cc(Oc3cccnc3)c(Br)cc21. The molecule has 1 aromatic heterocycles. The Hall–Kier alpha value is -1.92. The normalized spacial score (nSPS) is 16.9. The minimum atomic E-state index is -0.626. The largest absolute Gasteiger partial charge is 0.454 e. The molecule has 3 N–H and O–H groups in total. The standard InChI is InChI=1S/C13H10BrN3O2/c14-9-4-8-10(17-13(18)12(8)15)5-11(9)19-7-2-1-3-16-6-7/h1-6,12H,15H2,(H,17,18). The van der Waals surface area contributed by atoms with Gasteiger partial charge < -0.3 is 15.8 Å². The van der Waals surface area contributed by atoms with Crippen molar-refractivity contribution in [2.45, 2.75) is 6.04 Å². The number of anilines is 1. The van der Waals surface area contributed by atoms with Crippen LogP contribution < -0.4 is 15.8 Å². The average Bonchev–Trinajstić information content (AvgIpc) is 2.67. The fourth-order valence-electron chi connectivity index (χ4n) is 1.90. The Morgan fingerprint density at radius 2 is 2.26 bits per heavy atom. The highest BCUT2D eigenvalue weighted by molar-refractivity contribution is 9.10. The van der Waals surface area contributed by atoms with Gasteiger partial charge in [0, 0.05) is 23.5 Å². The van der Waals surface area contributed by atoms with Gasteiger partial charge in [0.25, 0.3) is 0 Å². The second kappa shape index (κ2) is 4.64. The summed E-state index contributed by atoms with van der Waals surface area (Å²) < 4.78 is 6.44. The van der Waals surface area contributed by atoms with E-state index in [2.05, 4.69) is 26.2 Å². The summed E-state index contributed by atoms with van der Waals surface area (Å²) in [6.07, 6.45) is 3.29. The van der Waals surface area contributed by atoms with Crippen LogP contribution in [0, 0.1) is 0 Å². The number of fused-ring (bicyclic) bond motifs is 1. The molecule has 0 radical (unpaired) electrons. The number of carbonyl (C=O) groups is 1. The number of hydrogen-bond acceptors (Lipinski definition) is 4. The van der Waals surface area contributed by atoms with Gasteiger partial charge in [-0.2, -0.15) is 0 Å². The van der Waals surface area contributed by atoms with E-state index in [4.69, 9.17) is 10.5 Å². The van der Waals surface area contributed by atoms with Gasteiger partial charge in [0.1, 0.15) is 17.5 Å². The number of ether oxygens (including phenoxy) is 1. The summed E-state index contributed by atoms with van der Waals surface area (Å²) in [6.45, 7) is 0. The Bertz CT molecular complexity index is 646. The van der Waals surface area contributed by atoms with E-state index in [1.54, 1.807) is 36.7 Å². The van der Waals surface area contributed by atoms with Crippen molar-refractivity contribution in [1.29, 1.82) is 0 Å². The molecule has 3 rings (SSSR count). The number of benzene rings is 1. The summed E-state index contributed by atoms with van der Waals surface area (Å²) in [7, 11) is 0. The van der Waals surface area contributed by atoms with Crippen molar-refractivity contribution in [1.82, 2.24) is 4.98 Å². The van der Waals surface area contributed by atoms with Crippen LogP contribution in [0.3, 0.4) is 0 Å². The Morgan fingerprint density at radius 1 is 1.42 bits per heavy atom. The van der Waals surface area contributed by atoms with Gasteiger partial charge in [0.15, 0.2) is 0 Å². The zero-order chi connectivity index (χ0) is 13.4. The van der Waals surface area contributed by atoms with Crippen molar-refractivity contribution in [3.05, 3.63) is 46.7 Å². The third kappa shape index (κ3) is 2.20. The Kier molecular flexibility index (Phi) is 2.96. The lowest BCUT2D eigenvalue weighted by Crippen LogP contribution is -2.19. The molecule has 0 aliphatic carbocycles. The number of pyridine rings is 1. The first-order valence-electron chi connectivity index (χ1n) is 5.63. The molecule has 0 saturated carbocycles. The van der Waals surface area contributed by atoms with Gasteiger partial charge in [0.2, 0.25) is 5.91 Å². The fourth-order valence-corrected chi connectivity index (χ4v) is 2.34. The maximum absolute atomic E-state index is 11.5. The van der Waals surface area contributed by atoms with Gasteiger partial charge in [-0.3, -0.25) is 9.78 Å². The minimum absolute atomic E-state index is 0.208. The number of aromatic nitrogens is 1. The van der Waals surface area contributed by atoms with Gasteiger partial charge in [-0.1, -0.05) is 0 Å². The molecule has 96 valence electrons. The Balaban J connectivity index is 1.97. The van der Waals surface area contributed by atoms with Gasteiger partial charge in [-0.25, -0.2) is 0 Å². The predicted octanol–water partition coefficient (Wildman–Crippen LogP) is 2.59. The number of nitrogens with two attached hydrogens (primary N) is 1. The second-order valence-electron chi connectivity index (χ2n) is 4.13. The lowest BCUT2D eigenvalue weighted by Gasteiger charge is -2.10. The van der Waals surface area contributed by atoms with Crippen molar-refractivity contribution >= 4 is 27.5 Å². The summed E-state index contributed by atoms with van der Waals surface area (Å²) in [5.74, 6) is 1.01. The molecule has 0 spiro atoms. The maximum Gasteiger partial charge on any atom is 0.245 e. The third-order valence-electron chi connectivity index (χ3n) is 2.84. The third-order valence-corrected chi connectivity index (χ3v) is 3.46. The van der Waals surface area contributed by atoms with Crippen LogP contribution in [0.15, 0.2) is 41.1 Å². The molecule has 1 atom stereocenters. The molecule has 1 aliphatic rings. The molecule has 0 saturated heterocycles. The average molecular weight is 320 g/mol. The first kappa shape index (κ1) is 12.1. The highest BCUT2D eigenvalue weighted by atomic mass is 79.9. The molecular formula is C13H10BrN3O2. The fraction of sp³-hybridized carbons (Fsp3) is 0.0769. The number of nitrogens with one attached hydrogen (secondary N) is 1. The number of carbonyl (C=O) groups excluding carboxylic acids is 1. The van der Waals surface area contributed by atoms with E-state index in [9.17, 15) is 4.79 Å². The monoisotopic (exact) mass is 319 g/mol. The lowest BCUT2D eigenvalue weighted by molar-refractivity contribution is -0.116. The smallest absolute Gasteiger partial charge is 0.245 e. The van der Waals surface area contributed by atoms with E-state index < -0.39 is 6.04 Å². The molecule has 19 heavy (non-hydrogen) atoms. The molecule has 2 heterocycles. The summed E-state index contributed by atoms with van der Waals surface area (Å²) in [5, 5.41) is 2.72. The molecule has 6 heteroatoms. The first-order chi connectivity index (χ1) is 9.15. The number of amides is 1. The van der Waals surface area contributed by atoms with E-state index in [0.717, 1.165) is 10.0 Å². The van der Waals surface area contributed by atoms with E-state index in [1.165, 1.54) is 0 Å². The predicted molar refractivity (Wildman–Crippen MR) is 74.0 cm³/mol. The quantitative estimate of drug-likeness (QED) is 0.891. The highest BCUT2D eigenvalue weighted by Crippen LogP contribution is 2.39. The lowest BCUT2D eigenvalue weighted by atomic mass is 10.1. The van der Waals surface area contributed by atoms with E-state index in [0.29, 0.717) is 17.2 Å². The minimum Gasteiger partial charge on any atom is -0.454 e. The first-order valence-corrected chi connectivity index (χ1v) is 6.42. The highest BCUT2D eigenvalue weighted by Gasteiger charge is 2.28. The summed E-state index contributed by atoms with van der Waals surface area (Å²) in [6, 6.07) is 6.50.